The molecule has 0 bridgehead atoms. The second-order valence-electron chi connectivity index (χ2n) is 4.22. The van der Waals surface area contributed by atoms with Crippen molar-refractivity contribution >= 4 is 22.5 Å². The summed E-state index contributed by atoms with van der Waals surface area (Å²) in [5, 5.41) is 12.9. The molecule has 1 aliphatic carbocycles. The van der Waals surface area contributed by atoms with Gasteiger partial charge in [0, 0.05) is 0 Å². The van der Waals surface area contributed by atoms with Crippen molar-refractivity contribution in [2.24, 2.45) is 0 Å². The van der Waals surface area contributed by atoms with E-state index in [1.165, 1.54) is 0 Å². The number of fused-ring (bicyclic) bond motifs is 2. The molecule has 0 saturated heterocycles. The number of hydrogen-bond acceptors (Lipinski definition) is 2. The van der Waals surface area contributed by atoms with Gasteiger partial charge >= 0.3 is 0 Å². The molecule has 0 spiro atoms. The zero-order chi connectivity index (χ0) is 11.8. The van der Waals surface area contributed by atoms with Gasteiger partial charge in [0.15, 0.2) is 0 Å². The Morgan fingerprint density at radius 1 is 1.24 bits per heavy atom. The van der Waals surface area contributed by atoms with Crippen molar-refractivity contribution in [2.75, 3.05) is 0 Å². The molecule has 0 unspecified atom stereocenters. The Balaban J connectivity index is 2.46. The van der Waals surface area contributed by atoms with Crippen LogP contribution in [-0.4, -0.2) is 4.92 Å². The SMILES string of the molecule is O=[N+]([O-])c1c2c(cc3ccccc13)CCC=C2. The van der Waals surface area contributed by atoms with Crippen LogP contribution in [0.5, 0.6) is 0 Å². The molecule has 0 saturated carbocycles. The summed E-state index contributed by atoms with van der Waals surface area (Å²) in [5.41, 5.74) is 2.10. The fraction of sp³-hybridized carbons (Fsp3) is 0.143. The Morgan fingerprint density at radius 2 is 2.06 bits per heavy atom. The minimum atomic E-state index is -0.267. The zero-order valence-electron chi connectivity index (χ0n) is 9.22. The molecule has 0 atom stereocenters. The third kappa shape index (κ3) is 1.51. The maximum absolute atomic E-state index is 11.3. The lowest BCUT2D eigenvalue weighted by Crippen LogP contribution is -2.01. The summed E-state index contributed by atoms with van der Waals surface area (Å²) in [7, 11) is 0. The first-order valence-corrected chi connectivity index (χ1v) is 5.63. The van der Waals surface area contributed by atoms with E-state index in [4.69, 9.17) is 0 Å². The number of benzene rings is 2. The predicted molar refractivity (Wildman–Crippen MR) is 68.0 cm³/mol. The number of hydrogen-bond donors (Lipinski definition) is 0. The number of nitro benzene ring substituents is 1. The van der Waals surface area contributed by atoms with Gasteiger partial charge in [-0.25, -0.2) is 0 Å². The van der Waals surface area contributed by atoms with Gasteiger partial charge in [0.25, 0.3) is 5.69 Å². The topological polar surface area (TPSA) is 43.1 Å². The first kappa shape index (κ1) is 10.0. The molecule has 0 amide bonds. The standard InChI is InChI=1S/C14H11NO2/c16-15(17)14-12-7-3-1-5-10(12)9-11-6-2-4-8-13(11)14/h1,3-5,7-9H,2,6H2. The molecule has 0 aliphatic heterocycles. The summed E-state index contributed by atoms with van der Waals surface area (Å²) in [6.45, 7) is 0. The van der Waals surface area contributed by atoms with Crippen molar-refractivity contribution in [3.8, 4) is 0 Å². The molecule has 0 fully saturated rings. The van der Waals surface area contributed by atoms with E-state index in [9.17, 15) is 10.1 Å². The zero-order valence-corrected chi connectivity index (χ0v) is 9.22. The van der Waals surface area contributed by atoms with Gasteiger partial charge in [-0.15, -0.1) is 0 Å². The van der Waals surface area contributed by atoms with Crippen LogP contribution < -0.4 is 0 Å². The molecule has 2 aromatic rings. The molecule has 17 heavy (non-hydrogen) atoms. The van der Waals surface area contributed by atoms with E-state index >= 15 is 0 Å². The summed E-state index contributed by atoms with van der Waals surface area (Å²) in [6.07, 6.45) is 5.73. The van der Waals surface area contributed by atoms with E-state index in [2.05, 4.69) is 6.07 Å². The lowest BCUT2D eigenvalue weighted by molar-refractivity contribution is -0.383. The molecule has 1 aliphatic rings. The molecular weight excluding hydrogens is 214 g/mol. The van der Waals surface area contributed by atoms with Crippen LogP contribution in [0.1, 0.15) is 17.5 Å². The molecule has 0 radical (unpaired) electrons. The van der Waals surface area contributed by atoms with Crippen molar-refractivity contribution in [1.29, 1.82) is 0 Å². The van der Waals surface area contributed by atoms with Crippen molar-refractivity contribution in [3.63, 3.8) is 0 Å². The summed E-state index contributed by atoms with van der Waals surface area (Å²) in [4.78, 5) is 11.0. The lowest BCUT2D eigenvalue weighted by atomic mass is 9.92. The van der Waals surface area contributed by atoms with Crippen LogP contribution >= 0.6 is 0 Å². The first-order chi connectivity index (χ1) is 8.27. The van der Waals surface area contributed by atoms with E-state index in [0.717, 1.165) is 34.7 Å². The summed E-state index contributed by atoms with van der Waals surface area (Å²) < 4.78 is 0. The van der Waals surface area contributed by atoms with Crippen LogP contribution in [0.3, 0.4) is 0 Å². The van der Waals surface area contributed by atoms with Crippen molar-refractivity contribution in [2.45, 2.75) is 12.8 Å². The van der Waals surface area contributed by atoms with Crippen molar-refractivity contribution in [3.05, 3.63) is 57.6 Å². The van der Waals surface area contributed by atoms with Gasteiger partial charge in [0.05, 0.1) is 15.9 Å². The smallest absolute Gasteiger partial charge is 0.258 e. The van der Waals surface area contributed by atoms with Crippen LogP contribution in [0, 0.1) is 10.1 Å². The number of rotatable bonds is 1. The average Bonchev–Trinajstić information content (AvgIpc) is 2.35. The van der Waals surface area contributed by atoms with Gasteiger partial charge in [-0.2, -0.15) is 0 Å². The molecule has 0 aromatic heterocycles. The summed E-state index contributed by atoms with van der Waals surface area (Å²) in [5.74, 6) is 0. The minimum Gasteiger partial charge on any atom is -0.258 e. The van der Waals surface area contributed by atoms with Crippen LogP contribution in [0.25, 0.3) is 16.8 Å². The maximum atomic E-state index is 11.3. The van der Waals surface area contributed by atoms with Crippen LogP contribution in [0.15, 0.2) is 36.4 Å². The van der Waals surface area contributed by atoms with Crippen LogP contribution in [-0.2, 0) is 6.42 Å². The van der Waals surface area contributed by atoms with Gasteiger partial charge in [0.2, 0.25) is 0 Å². The average molecular weight is 225 g/mol. The lowest BCUT2D eigenvalue weighted by Gasteiger charge is -2.12. The van der Waals surface area contributed by atoms with E-state index in [-0.39, 0.29) is 10.6 Å². The minimum absolute atomic E-state index is 0.244. The normalized spacial score (nSPS) is 13.6. The van der Waals surface area contributed by atoms with Gasteiger partial charge in [-0.1, -0.05) is 36.4 Å². The monoisotopic (exact) mass is 225 g/mol. The second kappa shape index (κ2) is 3.70. The molecule has 84 valence electrons. The fourth-order valence-corrected chi connectivity index (χ4v) is 2.43. The highest BCUT2D eigenvalue weighted by atomic mass is 16.6. The van der Waals surface area contributed by atoms with E-state index in [1.54, 1.807) is 0 Å². The third-order valence-electron chi connectivity index (χ3n) is 3.19. The number of aryl methyl sites for hydroxylation is 1. The van der Waals surface area contributed by atoms with Gasteiger partial charge in [-0.3, -0.25) is 10.1 Å². The Hall–Kier alpha value is -2.16. The molecule has 3 rings (SSSR count). The van der Waals surface area contributed by atoms with Crippen LogP contribution in [0.2, 0.25) is 0 Å². The fourth-order valence-electron chi connectivity index (χ4n) is 2.43. The first-order valence-electron chi connectivity index (χ1n) is 5.63. The Kier molecular flexibility index (Phi) is 2.18. The van der Waals surface area contributed by atoms with Crippen LogP contribution in [0.4, 0.5) is 5.69 Å². The molecule has 3 heteroatoms. The quantitative estimate of drug-likeness (QED) is 0.548. The number of nitro groups is 1. The Bertz CT molecular complexity index is 644. The van der Waals surface area contributed by atoms with Gasteiger partial charge < -0.3 is 0 Å². The molecular formula is C14H11NO2. The van der Waals surface area contributed by atoms with Gasteiger partial charge in [0.1, 0.15) is 0 Å². The second-order valence-corrected chi connectivity index (χ2v) is 4.22. The van der Waals surface area contributed by atoms with E-state index in [1.807, 2.05) is 36.4 Å². The highest BCUT2D eigenvalue weighted by Crippen LogP contribution is 2.35. The van der Waals surface area contributed by atoms with Crippen molar-refractivity contribution < 1.29 is 4.92 Å². The third-order valence-corrected chi connectivity index (χ3v) is 3.19. The molecule has 0 N–H and O–H groups in total. The molecule has 0 heterocycles. The number of nitrogens with zero attached hydrogens (tertiary/aromatic N) is 1. The largest absolute Gasteiger partial charge is 0.284 e. The Morgan fingerprint density at radius 3 is 2.88 bits per heavy atom. The summed E-state index contributed by atoms with van der Waals surface area (Å²) in [6, 6.07) is 9.57. The maximum Gasteiger partial charge on any atom is 0.284 e. The molecule has 2 aromatic carbocycles. The highest BCUT2D eigenvalue weighted by molar-refractivity contribution is 5.96. The van der Waals surface area contributed by atoms with Gasteiger partial charge in [-0.05, 0) is 29.9 Å². The van der Waals surface area contributed by atoms with E-state index in [0.29, 0.717) is 0 Å². The predicted octanol–water partition coefficient (Wildman–Crippen LogP) is 3.71. The van der Waals surface area contributed by atoms with E-state index < -0.39 is 0 Å². The van der Waals surface area contributed by atoms with Crippen molar-refractivity contribution in [1.82, 2.24) is 0 Å². The highest BCUT2D eigenvalue weighted by Gasteiger charge is 2.21. The molecule has 3 nitrogen and oxygen atoms in total. The summed E-state index contributed by atoms with van der Waals surface area (Å²) >= 11 is 0. The number of allylic oxidation sites excluding steroid dienone is 1. The Labute approximate surface area is 98.5 Å².